The first-order valence-electron chi connectivity index (χ1n) is 3.30. The minimum atomic E-state index is -0.333. The van der Waals surface area contributed by atoms with E-state index in [2.05, 4.69) is 32.6 Å². The van der Waals surface area contributed by atoms with Crippen LogP contribution in [-0.2, 0) is 0 Å². The number of aliphatic hydroxyl groups excluding tert-OH is 1. The van der Waals surface area contributed by atoms with Gasteiger partial charge in [-0.1, -0.05) is 0 Å². The van der Waals surface area contributed by atoms with Gasteiger partial charge in [0.25, 0.3) is 0 Å². The van der Waals surface area contributed by atoms with E-state index in [0.717, 1.165) is 11.0 Å². The van der Waals surface area contributed by atoms with E-state index in [-0.39, 0.29) is 22.5 Å². The molecule has 0 saturated heterocycles. The lowest BCUT2D eigenvalue weighted by Gasteiger charge is -2.21. The fraction of sp³-hybridized carbons (Fsp3) is 0.833. The zero-order chi connectivity index (χ0) is 9.49. The molecule has 0 aliphatic rings. The van der Waals surface area contributed by atoms with Gasteiger partial charge in [-0.15, -0.1) is 0 Å². The summed E-state index contributed by atoms with van der Waals surface area (Å²) in [5, 5.41) is 14.4. The summed E-state index contributed by atoms with van der Waals surface area (Å²) in [5.41, 5.74) is 8.94. The number of aliphatic hydroxyl groups is 1. The van der Waals surface area contributed by atoms with Crippen molar-refractivity contribution in [2.75, 3.05) is 34.3 Å². The van der Waals surface area contributed by atoms with Crippen molar-refractivity contribution in [2.45, 2.75) is 0 Å². The molecule has 1 atom stereocenters. The lowest BCUT2D eigenvalue weighted by molar-refractivity contribution is -0.870. The maximum Gasteiger partial charge on any atom is 0.183 e. The molecule has 6 N–H and O–H groups in total. The SMILES string of the molecule is C[N+](C)(C)CCO.N=C(N)N.P. The Kier molecular flexibility index (Phi) is 12.8. The average molecular weight is 197 g/mol. The smallest absolute Gasteiger partial charge is 0.183 e. The molecule has 0 radical (unpaired) electrons. The molecule has 76 valence electrons. The van der Waals surface area contributed by atoms with E-state index in [1.165, 1.54) is 0 Å². The predicted octanol–water partition coefficient (Wildman–Crippen LogP) is -1.42. The lowest BCUT2D eigenvalue weighted by atomic mass is 10.5. The molecule has 0 spiro atoms. The Balaban J connectivity index is -0.000000142. The van der Waals surface area contributed by atoms with E-state index in [1.54, 1.807) is 0 Å². The highest BCUT2D eigenvalue weighted by Crippen LogP contribution is 1.84. The normalized spacial score (nSPS) is 9.00. The monoisotopic (exact) mass is 197 g/mol. The van der Waals surface area contributed by atoms with Crippen LogP contribution < -0.4 is 11.5 Å². The minimum absolute atomic E-state index is 0. The summed E-state index contributed by atoms with van der Waals surface area (Å²) in [6.07, 6.45) is 0. The number of nitrogens with one attached hydrogen (secondary N) is 1. The van der Waals surface area contributed by atoms with E-state index in [0.29, 0.717) is 0 Å². The van der Waals surface area contributed by atoms with E-state index in [1.807, 2.05) is 0 Å². The molecule has 0 saturated carbocycles. The Hall–Kier alpha value is -0.380. The van der Waals surface area contributed by atoms with Crippen LogP contribution in [0.4, 0.5) is 0 Å². The van der Waals surface area contributed by atoms with Gasteiger partial charge in [0.2, 0.25) is 0 Å². The number of hydrogen-bond donors (Lipinski definition) is 4. The van der Waals surface area contributed by atoms with Crippen LogP contribution in [0.25, 0.3) is 0 Å². The standard InChI is InChI=1S/C5H14NO.CH5N3.H3P/c1-6(2,3)4-5-7;2-1(3)4;/h7H,4-5H2,1-3H3;(H5,2,3,4);1H3/q+1;;. The van der Waals surface area contributed by atoms with Crippen molar-refractivity contribution in [3.05, 3.63) is 0 Å². The largest absolute Gasteiger partial charge is 0.391 e. The zero-order valence-electron chi connectivity index (χ0n) is 8.17. The highest BCUT2D eigenvalue weighted by Gasteiger charge is 2.02. The summed E-state index contributed by atoms with van der Waals surface area (Å²) in [5.74, 6) is -0.333. The van der Waals surface area contributed by atoms with E-state index < -0.39 is 0 Å². The molecule has 6 heteroatoms. The van der Waals surface area contributed by atoms with Crippen LogP contribution in [0.15, 0.2) is 0 Å². The van der Waals surface area contributed by atoms with Gasteiger partial charge in [0.05, 0.1) is 27.7 Å². The van der Waals surface area contributed by atoms with Crippen LogP contribution in [-0.4, -0.2) is 49.8 Å². The first kappa shape index (κ1) is 17.6. The molecular formula is C6H22N4OP+. The van der Waals surface area contributed by atoms with Crippen molar-refractivity contribution in [2.24, 2.45) is 11.5 Å². The first-order chi connectivity index (χ1) is 4.79. The first-order valence-corrected chi connectivity index (χ1v) is 3.30. The molecule has 0 fully saturated rings. The van der Waals surface area contributed by atoms with Crippen LogP contribution in [0, 0.1) is 5.41 Å². The Morgan fingerprint density at radius 2 is 1.58 bits per heavy atom. The highest BCUT2D eigenvalue weighted by atomic mass is 31.0. The van der Waals surface area contributed by atoms with E-state index in [9.17, 15) is 0 Å². The minimum Gasteiger partial charge on any atom is -0.391 e. The van der Waals surface area contributed by atoms with Crippen molar-refractivity contribution in [1.82, 2.24) is 0 Å². The topological polar surface area (TPSA) is 96.1 Å². The van der Waals surface area contributed by atoms with Crippen molar-refractivity contribution in [3.8, 4) is 0 Å². The molecule has 1 unspecified atom stereocenters. The van der Waals surface area contributed by atoms with Gasteiger partial charge in [-0.05, 0) is 0 Å². The number of nitrogens with two attached hydrogens (primary N) is 2. The summed E-state index contributed by atoms with van der Waals surface area (Å²) in [7, 11) is 6.16. The Labute approximate surface area is 77.4 Å². The Morgan fingerprint density at radius 3 is 1.58 bits per heavy atom. The fourth-order valence-corrected chi connectivity index (χ4v) is 0.300. The van der Waals surface area contributed by atoms with Gasteiger partial charge in [-0.3, -0.25) is 5.41 Å². The molecule has 5 nitrogen and oxygen atoms in total. The van der Waals surface area contributed by atoms with Gasteiger partial charge in [0.15, 0.2) is 5.96 Å². The second-order valence-electron chi connectivity index (χ2n) is 3.19. The summed E-state index contributed by atoms with van der Waals surface area (Å²) in [4.78, 5) is 0. The third kappa shape index (κ3) is 54.5. The fourth-order valence-electron chi connectivity index (χ4n) is 0.300. The maximum atomic E-state index is 8.39. The Bertz CT molecular complexity index is 109. The van der Waals surface area contributed by atoms with Gasteiger partial charge in [0.1, 0.15) is 6.54 Å². The number of rotatable bonds is 2. The molecule has 12 heavy (non-hydrogen) atoms. The number of likely N-dealkylation sites (N-methyl/N-ethyl adjacent to an activating group) is 1. The van der Waals surface area contributed by atoms with Crippen LogP contribution in [0.3, 0.4) is 0 Å². The zero-order valence-corrected chi connectivity index (χ0v) is 9.58. The summed E-state index contributed by atoms with van der Waals surface area (Å²) in [6.45, 7) is 1.11. The number of nitrogens with zero attached hydrogens (tertiary/aromatic N) is 1. The molecule has 0 aromatic rings. The number of hydrogen-bond acceptors (Lipinski definition) is 2. The van der Waals surface area contributed by atoms with E-state index >= 15 is 0 Å². The molecule has 0 bridgehead atoms. The molecular weight excluding hydrogens is 175 g/mol. The predicted molar refractivity (Wildman–Crippen MR) is 57.2 cm³/mol. The quantitative estimate of drug-likeness (QED) is 0.189. The van der Waals surface area contributed by atoms with Crippen LogP contribution in [0.1, 0.15) is 0 Å². The van der Waals surface area contributed by atoms with Gasteiger partial charge >= 0.3 is 0 Å². The average Bonchev–Trinajstić information content (AvgIpc) is 1.58. The van der Waals surface area contributed by atoms with Crippen molar-refractivity contribution >= 4 is 15.9 Å². The molecule has 0 aromatic carbocycles. The van der Waals surface area contributed by atoms with Gasteiger partial charge in [-0.25, -0.2) is 0 Å². The van der Waals surface area contributed by atoms with Crippen LogP contribution in [0.2, 0.25) is 0 Å². The molecule has 0 aliphatic heterocycles. The molecule has 0 rings (SSSR count). The lowest BCUT2D eigenvalue weighted by Crippen LogP contribution is -2.36. The summed E-state index contributed by atoms with van der Waals surface area (Å²) < 4.78 is 0.844. The van der Waals surface area contributed by atoms with Gasteiger partial charge in [0, 0.05) is 0 Å². The van der Waals surface area contributed by atoms with Crippen LogP contribution >= 0.6 is 9.90 Å². The number of quaternary nitrogens is 1. The molecule has 0 aromatic heterocycles. The van der Waals surface area contributed by atoms with Crippen molar-refractivity contribution in [1.29, 1.82) is 5.41 Å². The Morgan fingerprint density at radius 1 is 1.33 bits per heavy atom. The molecule has 0 heterocycles. The van der Waals surface area contributed by atoms with Crippen molar-refractivity contribution < 1.29 is 9.59 Å². The van der Waals surface area contributed by atoms with Gasteiger partial charge < -0.3 is 21.1 Å². The third-order valence-electron chi connectivity index (χ3n) is 0.771. The van der Waals surface area contributed by atoms with Gasteiger partial charge in [-0.2, -0.15) is 9.90 Å². The molecule has 0 aliphatic carbocycles. The number of guanidine groups is 1. The second-order valence-corrected chi connectivity index (χ2v) is 3.19. The van der Waals surface area contributed by atoms with Crippen LogP contribution in [0.5, 0.6) is 0 Å². The third-order valence-corrected chi connectivity index (χ3v) is 0.771. The van der Waals surface area contributed by atoms with Crippen molar-refractivity contribution in [3.63, 3.8) is 0 Å². The summed E-state index contributed by atoms with van der Waals surface area (Å²) in [6, 6.07) is 0. The maximum absolute atomic E-state index is 8.39. The van der Waals surface area contributed by atoms with E-state index in [4.69, 9.17) is 10.5 Å². The molecule has 0 amide bonds. The summed E-state index contributed by atoms with van der Waals surface area (Å²) >= 11 is 0. The second kappa shape index (κ2) is 8.71. The highest BCUT2D eigenvalue weighted by molar-refractivity contribution is 6.92.